The molecule has 150 valence electrons. The van der Waals surface area contributed by atoms with Gasteiger partial charge in [0.1, 0.15) is 11.4 Å². The second kappa shape index (κ2) is 9.19. The standard InChI is InChI=1S/C21H18N6O2S/c1-29-17-9-7-15(8-10-17)19(26-28)14-30-21-25-24-20(18-13-22-11-12-23-18)27(21)16-5-3-2-4-6-16/h2-13,28H,14H2,1H3/b26-19+. The van der Waals surface area contributed by atoms with E-state index >= 15 is 0 Å². The summed E-state index contributed by atoms with van der Waals surface area (Å²) in [6, 6.07) is 17.1. The van der Waals surface area contributed by atoms with Crippen LogP contribution >= 0.6 is 11.8 Å². The van der Waals surface area contributed by atoms with E-state index in [9.17, 15) is 5.21 Å². The molecule has 0 atom stereocenters. The molecule has 0 saturated heterocycles. The Morgan fingerprint density at radius 3 is 2.53 bits per heavy atom. The Balaban J connectivity index is 1.65. The zero-order valence-electron chi connectivity index (χ0n) is 16.1. The lowest BCUT2D eigenvalue weighted by Gasteiger charge is -2.10. The first kappa shape index (κ1) is 19.6. The SMILES string of the molecule is COc1ccc(/C(CSc2nnc(-c3cnccn3)n2-c2ccccc2)=N/O)cc1. The van der Waals surface area contributed by atoms with Crippen molar-refractivity contribution in [3.05, 3.63) is 78.8 Å². The molecule has 0 aliphatic rings. The number of oxime groups is 1. The van der Waals surface area contributed by atoms with Gasteiger partial charge in [0.05, 0.1) is 19.0 Å². The molecule has 30 heavy (non-hydrogen) atoms. The van der Waals surface area contributed by atoms with E-state index in [0.717, 1.165) is 17.0 Å². The maximum absolute atomic E-state index is 9.54. The van der Waals surface area contributed by atoms with Crippen LogP contribution in [0, 0.1) is 0 Å². The lowest BCUT2D eigenvalue weighted by Crippen LogP contribution is -2.06. The number of nitrogens with zero attached hydrogens (tertiary/aromatic N) is 6. The van der Waals surface area contributed by atoms with Gasteiger partial charge < -0.3 is 9.94 Å². The average Bonchev–Trinajstić information content (AvgIpc) is 3.25. The summed E-state index contributed by atoms with van der Waals surface area (Å²) in [5, 5.41) is 22.3. The Hall–Kier alpha value is -3.72. The summed E-state index contributed by atoms with van der Waals surface area (Å²) in [6.45, 7) is 0. The molecular formula is C21H18N6O2S. The summed E-state index contributed by atoms with van der Waals surface area (Å²) in [7, 11) is 1.61. The van der Waals surface area contributed by atoms with E-state index in [1.807, 2.05) is 59.2 Å². The summed E-state index contributed by atoms with van der Waals surface area (Å²) < 4.78 is 7.10. The average molecular weight is 418 g/mol. The Morgan fingerprint density at radius 1 is 1.07 bits per heavy atom. The van der Waals surface area contributed by atoms with Crippen LogP contribution < -0.4 is 4.74 Å². The molecule has 4 rings (SSSR count). The fraction of sp³-hybridized carbons (Fsp3) is 0.0952. The number of benzene rings is 2. The minimum Gasteiger partial charge on any atom is -0.497 e. The van der Waals surface area contributed by atoms with Gasteiger partial charge in [0.2, 0.25) is 0 Å². The number of methoxy groups -OCH3 is 1. The Bertz CT molecular complexity index is 1130. The van der Waals surface area contributed by atoms with Crippen molar-refractivity contribution in [1.82, 2.24) is 24.7 Å². The van der Waals surface area contributed by atoms with Crippen molar-refractivity contribution in [3.8, 4) is 23.0 Å². The normalized spacial score (nSPS) is 11.4. The number of hydrogen-bond donors (Lipinski definition) is 1. The van der Waals surface area contributed by atoms with Gasteiger partial charge in [-0.2, -0.15) is 0 Å². The van der Waals surface area contributed by atoms with E-state index in [1.54, 1.807) is 25.7 Å². The fourth-order valence-corrected chi connectivity index (χ4v) is 3.75. The highest BCUT2D eigenvalue weighted by molar-refractivity contribution is 7.99. The molecule has 0 unspecified atom stereocenters. The minimum absolute atomic E-state index is 0.397. The molecule has 2 heterocycles. The molecule has 0 bridgehead atoms. The molecule has 0 spiro atoms. The van der Waals surface area contributed by atoms with Gasteiger partial charge in [0.25, 0.3) is 0 Å². The van der Waals surface area contributed by atoms with E-state index in [-0.39, 0.29) is 0 Å². The van der Waals surface area contributed by atoms with E-state index in [4.69, 9.17) is 4.74 Å². The lowest BCUT2D eigenvalue weighted by atomic mass is 10.1. The van der Waals surface area contributed by atoms with Gasteiger partial charge in [-0.1, -0.05) is 35.1 Å². The molecule has 0 aliphatic heterocycles. The Kier molecular flexibility index (Phi) is 6.00. The maximum Gasteiger partial charge on any atom is 0.196 e. The van der Waals surface area contributed by atoms with Crippen LogP contribution in [0.1, 0.15) is 5.56 Å². The zero-order chi connectivity index (χ0) is 20.8. The van der Waals surface area contributed by atoms with Crippen LogP contribution in [-0.4, -0.2) is 48.5 Å². The maximum atomic E-state index is 9.54. The second-order valence-electron chi connectivity index (χ2n) is 6.13. The van der Waals surface area contributed by atoms with Crippen LogP contribution in [-0.2, 0) is 0 Å². The molecule has 2 aromatic carbocycles. The third kappa shape index (κ3) is 4.15. The zero-order valence-corrected chi connectivity index (χ0v) is 16.9. The topological polar surface area (TPSA) is 98.3 Å². The van der Waals surface area contributed by atoms with Gasteiger partial charge >= 0.3 is 0 Å². The van der Waals surface area contributed by atoms with Crippen LogP contribution in [0.4, 0.5) is 0 Å². The first-order valence-corrected chi connectivity index (χ1v) is 10.0. The van der Waals surface area contributed by atoms with Gasteiger partial charge in [-0.05, 0) is 36.4 Å². The van der Waals surface area contributed by atoms with Crippen molar-refractivity contribution in [2.45, 2.75) is 5.16 Å². The van der Waals surface area contributed by atoms with E-state index in [0.29, 0.717) is 28.1 Å². The van der Waals surface area contributed by atoms with Crippen LogP contribution in [0.5, 0.6) is 5.75 Å². The second-order valence-corrected chi connectivity index (χ2v) is 7.07. The Labute approximate surface area is 177 Å². The first-order chi connectivity index (χ1) is 14.8. The number of para-hydroxylation sites is 1. The van der Waals surface area contributed by atoms with Gasteiger partial charge in [-0.25, -0.2) is 4.98 Å². The van der Waals surface area contributed by atoms with Crippen molar-refractivity contribution in [2.75, 3.05) is 12.9 Å². The number of hydrogen-bond acceptors (Lipinski definition) is 8. The van der Waals surface area contributed by atoms with Crippen LogP contribution in [0.25, 0.3) is 17.2 Å². The first-order valence-electron chi connectivity index (χ1n) is 9.05. The van der Waals surface area contributed by atoms with Crippen molar-refractivity contribution in [1.29, 1.82) is 0 Å². The largest absolute Gasteiger partial charge is 0.497 e. The van der Waals surface area contributed by atoms with Gasteiger partial charge in [0, 0.05) is 29.4 Å². The van der Waals surface area contributed by atoms with Crippen LogP contribution in [0.2, 0.25) is 0 Å². The van der Waals surface area contributed by atoms with Crippen LogP contribution in [0.3, 0.4) is 0 Å². The summed E-state index contributed by atoms with van der Waals surface area (Å²) in [6.07, 6.45) is 4.88. The molecule has 0 amide bonds. The number of aromatic nitrogens is 5. The highest BCUT2D eigenvalue weighted by Crippen LogP contribution is 2.27. The molecule has 4 aromatic rings. The van der Waals surface area contributed by atoms with Gasteiger partial charge in [-0.3, -0.25) is 9.55 Å². The summed E-state index contributed by atoms with van der Waals surface area (Å²) >= 11 is 1.41. The van der Waals surface area contributed by atoms with Gasteiger partial charge in [0.15, 0.2) is 11.0 Å². The molecule has 2 aromatic heterocycles. The lowest BCUT2D eigenvalue weighted by molar-refractivity contribution is 0.319. The third-order valence-electron chi connectivity index (χ3n) is 4.32. The van der Waals surface area contributed by atoms with E-state index in [1.165, 1.54) is 11.8 Å². The summed E-state index contributed by atoms with van der Waals surface area (Å²) in [5.74, 6) is 1.72. The quantitative estimate of drug-likeness (QED) is 0.211. The van der Waals surface area contributed by atoms with Crippen molar-refractivity contribution in [3.63, 3.8) is 0 Å². The highest BCUT2D eigenvalue weighted by atomic mass is 32.2. The van der Waals surface area contributed by atoms with E-state index in [2.05, 4.69) is 25.3 Å². The number of thioether (sulfide) groups is 1. The predicted molar refractivity (Wildman–Crippen MR) is 114 cm³/mol. The predicted octanol–water partition coefficient (Wildman–Crippen LogP) is 3.70. The molecule has 0 aliphatic carbocycles. The summed E-state index contributed by atoms with van der Waals surface area (Å²) in [5.41, 5.74) is 2.83. The van der Waals surface area contributed by atoms with Crippen molar-refractivity contribution >= 4 is 17.5 Å². The van der Waals surface area contributed by atoms with Gasteiger partial charge in [-0.15, -0.1) is 10.2 Å². The number of rotatable bonds is 7. The fourth-order valence-electron chi connectivity index (χ4n) is 2.84. The minimum atomic E-state index is 0.397. The molecular weight excluding hydrogens is 400 g/mol. The number of ether oxygens (including phenoxy) is 1. The molecule has 9 heteroatoms. The molecule has 8 nitrogen and oxygen atoms in total. The highest BCUT2D eigenvalue weighted by Gasteiger charge is 2.18. The van der Waals surface area contributed by atoms with Crippen LogP contribution in [0.15, 0.2) is 83.5 Å². The Morgan fingerprint density at radius 2 is 1.87 bits per heavy atom. The molecule has 0 fully saturated rings. The molecule has 1 N–H and O–H groups in total. The molecule has 0 radical (unpaired) electrons. The van der Waals surface area contributed by atoms with E-state index < -0.39 is 0 Å². The van der Waals surface area contributed by atoms with Crippen molar-refractivity contribution in [2.24, 2.45) is 5.16 Å². The smallest absolute Gasteiger partial charge is 0.196 e. The summed E-state index contributed by atoms with van der Waals surface area (Å²) in [4.78, 5) is 8.49. The third-order valence-corrected chi connectivity index (χ3v) is 5.26. The molecule has 0 saturated carbocycles. The monoisotopic (exact) mass is 418 g/mol. The van der Waals surface area contributed by atoms with Crippen molar-refractivity contribution < 1.29 is 9.94 Å².